The van der Waals surface area contributed by atoms with Crippen LogP contribution in [0.3, 0.4) is 0 Å². The number of anilines is 2. The Labute approximate surface area is 154 Å². The second kappa shape index (κ2) is 7.75. The van der Waals surface area contributed by atoms with Gasteiger partial charge in [0.15, 0.2) is 0 Å². The standard InChI is InChI=1S/C18H29N5O3/c1-4-15(25)17(26)23-10-7-14-13(11-23)16(20-18(19-14)21(2)3)22-8-5-12(24)6-9-22/h12,15,24-25H,4-11H2,1-3H3. The molecule has 1 aromatic rings. The maximum Gasteiger partial charge on any atom is 0.251 e. The number of nitrogens with zero attached hydrogens (tertiary/aromatic N) is 5. The van der Waals surface area contributed by atoms with Gasteiger partial charge in [-0.1, -0.05) is 6.92 Å². The number of hydrogen-bond donors (Lipinski definition) is 2. The van der Waals surface area contributed by atoms with E-state index in [4.69, 9.17) is 4.98 Å². The first-order chi connectivity index (χ1) is 12.4. The van der Waals surface area contributed by atoms with Gasteiger partial charge in [-0.25, -0.2) is 4.98 Å². The summed E-state index contributed by atoms with van der Waals surface area (Å²) in [5.74, 6) is 1.29. The van der Waals surface area contributed by atoms with Gasteiger partial charge in [-0.3, -0.25) is 4.79 Å². The molecule has 3 heterocycles. The second-order valence-corrected chi connectivity index (χ2v) is 7.32. The van der Waals surface area contributed by atoms with Crippen LogP contribution in [-0.2, 0) is 17.8 Å². The van der Waals surface area contributed by atoms with Crippen LogP contribution in [0.5, 0.6) is 0 Å². The van der Waals surface area contributed by atoms with Crippen molar-refractivity contribution in [3.8, 4) is 0 Å². The van der Waals surface area contributed by atoms with Gasteiger partial charge in [-0.05, 0) is 19.3 Å². The molecule has 3 rings (SSSR count). The molecule has 0 spiro atoms. The fraction of sp³-hybridized carbons (Fsp3) is 0.722. The van der Waals surface area contributed by atoms with Crippen molar-refractivity contribution < 1.29 is 15.0 Å². The highest BCUT2D eigenvalue weighted by molar-refractivity contribution is 5.81. The summed E-state index contributed by atoms with van der Waals surface area (Å²) in [5, 5.41) is 19.7. The highest BCUT2D eigenvalue weighted by Crippen LogP contribution is 2.30. The maximum absolute atomic E-state index is 12.4. The van der Waals surface area contributed by atoms with Gasteiger partial charge in [0, 0.05) is 45.7 Å². The van der Waals surface area contributed by atoms with Crippen molar-refractivity contribution in [3.63, 3.8) is 0 Å². The summed E-state index contributed by atoms with van der Waals surface area (Å²) in [7, 11) is 3.84. The Bertz CT molecular complexity index is 658. The lowest BCUT2D eigenvalue weighted by atomic mass is 10.0. The van der Waals surface area contributed by atoms with Gasteiger partial charge in [0.25, 0.3) is 5.91 Å². The quantitative estimate of drug-likeness (QED) is 0.787. The minimum absolute atomic E-state index is 0.227. The predicted octanol–water partition coefficient (Wildman–Crippen LogP) is 0.159. The van der Waals surface area contributed by atoms with Crippen molar-refractivity contribution in [2.24, 2.45) is 0 Å². The molecule has 144 valence electrons. The van der Waals surface area contributed by atoms with E-state index < -0.39 is 6.10 Å². The first kappa shape index (κ1) is 18.8. The van der Waals surface area contributed by atoms with Crippen LogP contribution in [-0.4, -0.2) is 76.9 Å². The molecule has 0 radical (unpaired) electrons. The van der Waals surface area contributed by atoms with Gasteiger partial charge in [-0.15, -0.1) is 0 Å². The van der Waals surface area contributed by atoms with E-state index >= 15 is 0 Å². The smallest absolute Gasteiger partial charge is 0.251 e. The van der Waals surface area contributed by atoms with Crippen LogP contribution in [0.25, 0.3) is 0 Å². The summed E-state index contributed by atoms with van der Waals surface area (Å²) in [4.78, 5) is 27.6. The fourth-order valence-corrected chi connectivity index (χ4v) is 3.50. The minimum Gasteiger partial charge on any atom is -0.393 e. The van der Waals surface area contributed by atoms with Gasteiger partial charge in [0.05, 0.1) is 18.3 Å². The molecule has 8 heteroatoms. The van der Waals surface area contributed by atoms with Crippen molar-refractivity contribution in [2.75, 3.05) is 43.5 Å². The molecule has 1 atom stereocenters. The lowest BCUT2D eigenvalue weighted by Gasteiger charge is -2.36. The van der Waals surface area contributed by atoms with Gasteiger partial charge in [0.2, 0.25) is 5.95 Å². The lowest BCUT2D eigenvalue weighted by molar-refractivity contribution is -0.141. The predicted molar refractivity (Wildman–Crippen MR) is 99.2 cm³/mol. The van der Waals surface area contributed by atoms with Crippen LogP contribution >= 0.6 is 0 Å². The Morgan fingerprint density at radius 2 is 1.96 bits per heavy atom. The van der Waals surface area contributed by atoms with E-state index in [0.29, 0.717) is 44.7 Å². The van der Waals surface area contributed by atoms with Crippen LogP contribution in [0.15, 0.2) is 0 Å². The van der Waals surface area contributed by atoms with Crippen molar-refractivity contribution in [2.45, 2.75) is 51.4 Å². The first-order valence-corrected chi connectivity index (χ1v) is 9.37. The van der Waals surface area contributed by atoms with Crippen molar-refractivity contribution in [1.82, 2.24) is 14.9 Å². The van der Waals surface area contributed by atoms with E-state index in [-0.39, 0.29) is 12.0 Å². The summed E-state index contributed by atoms with van der Waals surface area (Å²) in [6.45, 7) is 4.27. The molecule has 26 heavy (non-hydrogen) atoms. The Morgan fingerprint density at radius 1 is 1.27 bits per heavy atom. The van der Waals surface area contributed by atoms with Crippen LogP contribution in [0.1, 0.15) is 37.4 Å². The van der Waals surface area contributed by atoms with Crippen molar-refractivity contribution in [1.29, 1.82) is 0 Å². The van der Waals surface area contributed by atoms with Crippen LogP contribution in [0.4, 0.5) is 11.8 Å². The third kappa shape index (κ3) is 3.76. The summed E-state index contributed by atoms with van der Waals surface area (Å²) in [6.07, 6.45) is 1.29. The van der Waals surface area contributed by atoms with Crippen LogP contribution in [0, 0.1) is 0 Å². The third-order valence-corrected chi connectivity index (χ3v) is 5.17. The molecule has 0 aliphatic carbocycles. The number of aliphatic hydroxyl groups excluding tert-OH is 2. The van der Waals surface area contributed by atoms with Crippen LogP contribution in [0.2, 0.25) is 0 Å². The Balaban J connectivity index is 1.93. The molecular weight excluding hydrogens is 334 g/mol. The molecule has 2 aliphatic rings. The maximum atomic E-state index is 12.4. The zero-order valence-electron chi connectivity index (χ0n) is 15.9. The fourth-order valence-electron chi connectivity index (χ4n) is 3.50. The van der Waals surface area contributed by atoms with Gasteiger partial charge >= 0.3 is 0 Å². The average Bonchev–Trinajstić information content (AvgIpc) is 2.66. The molecule has 1 fully saturated rings. The third-order valence-electron chi connectivity index (χ3n) is 5.17. The summed E-state index contributed by atoms with van der Waals surface area (Å²) >= 11 is 0. The SMILES string of the molecule is CCC(O)C(=O)N1CCc2nc(N(C)C)nc(N3CCC(O)CC3)c2C1. The molecule has 2 aliphatic heterocycles. The molecule has 0 saturated carbocycles. The number of amides is 1. The molecule has 1 saturated heterocycles. The molecule has 1 unspecified atom stereocenters. The minimum atomic E-state index is -0.952. The van der Waals surface area contributed by atoms with Gasteiger partial charge in [-0.2, -0.15) is 4.98 Å². The van der Waals surface area contributed by atoms with Gasteiger partial charge < -0.3 is 24.9 Å². The highest BCUT2D eigenvalue weighted by Gasteiger charge is 2.31. The molecule has 1 amide bonds. The van der Waals surface area contributed by atoms with Crippen molar-refractivity contribution in [3.05, 3.63) is 11.3 Å². The highest BCUT2D eigenvalue weighted by atomic mass is 16.3. The summed E-state index contributed by atoms with van der Waals surface area (Å²) in [5.41, 5.74) is 1.94. The Kier molecular flexibility index (Phi) is 5.62. The number of aromatic nitrogens is 2. The topological polar surface area (TPSA) is 93.0 Å². The summed E-state index contributed by atoms with van der Waals surface area (Å²) < 4.78 is 0. The summed E-state index contributed by atoms with van der Waals surface area (Å²) in [6, 6.07) is 0. The van der Waals surface area contributed by atoms with E-state index in [9.17, 15) is 15.0 Å². The molecule has 8 nitrogen and oxygen atoms in total. The Morgan fingerprint density at radius 3 is 2.58 bits per heavy atom. The van der Waals surface area contributed by atoms with E-state index in [2.05, 4.69) is 9.88 Å². The normalized spacial score (nSPS) is 19.3. The number of rotatable bonds is 4. The number of piperidine rings is 1. The zero-order valence-corrected chi connectivity index (χ0v) is 15.9. The Hall–Kier alpha value is -1.93. The van der Waals surface area contributed by atoms with E-state index in [1.165, 1.54) is 0 Å². The molecule has 2 N–H and O–H groups in total. The number of carbonyl (C=O) groups excluding carboxylic acids is 1. The average molecular weight is 363 g/mol. The zero-order chi connectivity index (χ0) is 18.8. The largest absolute Gasteiger partial charge is 0.393 e. The molecular formula is C18H29N5O3. The first-order valence-electron chi connectivity index (χ1n) is 9.37. The van der Waals surface area contributed by atoms with Crippen LogP contribution < -0.4 is 9.80 Å². The molecule has 1 aromatic heterocycles. The van der Waals surface area contributed by atoms with Gasteiger partial charge in [0.1, 0.15) is 11.9 Å². The lowest BCUT2D eigenvalue weighted by Crippen LogP contribution is -2.44. The number of fused-ring (bicyclic) bond motifs is 1. The van der Waals surface area contributed by atoms with E-state index in [0.717, 1.165) is 30.2 Å². The van der Waals surface area contributed by atoms with E-state index in [1.807, 2.05) is 19.0 Å². The molecule has 0 bridgehead atoms. The molecule has 0 aromatic carbocycles. The second-order valence-electron chi connectivity index (χ2n) is 7.32. The van der Waals surface area contributed by atoms with E-state index in [1.54, 1.807) is 11.8 Å². The number of hydrogen-bond acceptors (Lipinski definition) is 7. The monoisotopic (exact) mass is 363 g/mol. The number of carbonyl (C=O) groups is 1. The van der Waals surface area contributed by atoms with Crippen molar-refractivity contribution >= 4 is 17.7 Å². The number of aliphatic hydroxyl groups is 2.